The van der Waals surface area contributed by atoms with E-state index in [9.17, 15) is 0 Å². The Kier molecular flexibility index (Phi) is 3.89. The normalized spacial score (nSPS) is 11.8. The summed E-state index contributed by atoms with van der Waals surface area (Å²) in [4.78, 5) is 0. The molecule has 0 N–H and O–H groups in total. The lowest BCUT2D eigenvalue weighted by atomic mass is 9.80. The van der Waals surface area contributed by atoms with Crippen LogP contribution in [0.15, 0.2) is 115 Å². The molecule has 0 amide bonds. The van der Waals surface area contributed by atoms with Gasteiger partial charge in [-0.05, 0) is 77.1 Å². The largest absolute Gasteiger partial charge is 0.115 e. The van der Waals surface area contributed by atoms with Crippen molar-refractivity contribution in [2.45, 2.75) is 0 Å². The first-order chi connectivity index (χ1) is 16.3. The maximum atomic E-state index is 6.64. The van der Waals surface area contributed by atoms with Gasteiger partial charge in [-0.15, -0.1) is 0 Å². The fourth-order valence-electron chi connectivity index (χ4n) is 5.45. The molecule has 7 aromatic rings. The fraction of sp³-hybridized carbons (Fsp3) is 0. The summed E-state index contributed by atoms with van der Waals surface area (Å²) in [6, 6.07) is 41.4. The summed E-state index contributed by atoms with van der Waals surface area (Å²) in [6.07, 6.45) is 0. The van der Waals surface area contributed by atoms with Gasteiger partial charge in [-0.2, -0.15) is 0 Å². The van der Waals surface area contributed by atoms with E-state index in [4.69, 9.17) is 7.85 Å². The molecule has 150 valence electrons. The van der Waals surface area contributed by atoms with E-state index in [0.29, 0.717) is 0 Å². The van der Waals surface area contributed by atoms with Gasteiger partial charge in [0.05, 0.1) is 0 Å². The Labute approximate surface area is 193 Å². The number of hydrogen-bond donors (Lipinski definition) is 0. The maximum absolute atomic E-state index is 6.64. The molecule has 0 saturated carbocycles. The summed E-state index contributed by atoms with van der Waals surface area (Å²) in [6.45, 7) is 0. The van der Waals surface area contributed by atoms with E-state index in [-0.39, 0.29) is 0 Å². The molecule has 0 heterocycles. The lowest BCUT2D eigenvalue weighted by molar-refractivity contribution is 1.73. The van der Waals surface area contributed by atoms with E-state index in [0.717, 1.165) is 16.2 Å². The molecule has 0 bridgehead atoms. The van der Waals surface area contributed by atoms with Crippen LogP contribution in [0.3, 0.4) is 0 Å². The van der Waals surface area contributed by atoms with Gasteiger partial charge in [-0.25, -0.2) is 0 Å². The Balaban J connectivity index is 1.66. The minimum absolute atomic E-state index is 0.849. The highest BCUT2D eigenvalue weighted by atomic mass is 14.2. The van der Waals surface area contributed by atoms with Crippen LogP contribution in [0.5, 0.6) is 0 Å². The minimum atomic E-state index is 0.849. The van der Waals surface area contributed by atoms with Crippen LogP contribution in [0.4, 0.5) is 0 Å². The lowest BCUT2D eigenvalue weighted by Gasteiger charge is -2.17. The molecule has 0 aliphatic rings. The molecule has 7 rings (SSSR count). The second-order valence-electron chi connectivity index (χ2n) is 8.77. The zero-order valence-electron chi connectivity index (χ0n) is 18.0. The molecule has 7 aromatic carbocycles. The summed E-state index contributed by atoms with van der Waals surface area (Å²) in [5.74, 6) is 0. The molecule has 0 aliphatic carbocycles. The first kappa shape index (κ1) is 18.5. The van der Waals surface area contributed by atoms with Gasteiger partial charge in [-0.3, -0.25) is 0 Å². The minimum Gasteiger partial charge on any atom is -0.0812 e. The molecule has 0 aliphatic heterocycles. The van der Waals surface area contributed by atoms with Crippen molar-refractivity contribution in [3.63, 3.8) is 0 Å². The first-order valence-corrected chi connectivity index (χ1v) is 11.3. The Morgan fingerprint density at radius 2 is 0.939 bits per heavy atom. The van der Waals surface area contributed by atoms with Gasteiger partial charge in [0, 0.05) is 0 Å². The standard InChI is InChI=1S/C32H19B/c33-32-28-12-5-3-10-26(28)31(27-11-4-6-13-29(27)32)25-15-7-14-23-24(25)17-16-22-18-20-8-1-2-9-21(20)19-30(22)23/h1-19H. The predicted octanol–water partition coefficient (Wildman–Crippen LogP) is 7.91. The van der Waals surface area contributed by atoms with Gasteiger partial charge < -0.3 is 0 Å². The van der Waals surface area contributed by atoms with Crippen molar-refractivity contribution in [3.8, 4) is 11.1 Å². The molecule has 0 unspecified atom stereocenters. The Morgan fingerprint density at radius 3 is 1.64 bits per heavy atom. The second kappa shape index (κ2) is 6.95. The smallest absolute Gasteiger partial charge is 0.0812 e. The van der Waals surface area contributed by atoms with Gasteiger partial charge in [0.2, 0.25) is 0 Å². The molecule has 0 saturated heterocycles. The zero-order valence-corrected chi connectivity index (χ0v) is 18.0. The van der Waals surface area contributed by atoms with Gasteiger partial charge >= 0.3 is 0 Å². The highest BCUT2D eigenvalue weighted by Gasteiger charge is 2.15. The van der Waals surface area contributed by atoms with E-state index in [1.54, 1.807) is 0 Å². The number of fused-ring (bicyclic) bond motifs is 6. The SMILES string of the molecule is [B]c1c2ccccc2c(-c2cccc3c2ccc2cc4ccccc4cc23)c2ccccc12. The first-order valence-electron chi connectivity index (χ1n) is 11.3. The molecule has 0 aromatic heterocycles. The molecule has 0 nitrogen and oxygen atoms in total. The van der Waals surface area contributed by atoms with Crippen molar-refractivity contribution in [2.75, 3.05) is 0 Å². The summed E-state index contributed by atoms with van der Waals surface area (Å²) < 4.78 is 0. The van der Waals surface area contributed by atoms with Gasteiger partial charge in [0.1, 0.15) is 7.85 Å². The summed E-state index contributed by atoms with van der Waals surface area (Å²) >= 11 is 0. The highest BCUT2D eigenvalue weighted by Crippen LogP contribution is 2.40. The van der Waals surface area contributed by atoms with Crippen LogP contribution in [-0.2, 0) is 0 Å². The number of rotatable bonds is 1. The zero-order chi connectivity index (χ0) is 21.9. The molecule has 1 heteroatoms. The van der Waals surface area contributed by atoms with Crippen LogP contribution in [0, 0.1) is 0 Å². The quantitative estimate of drug-likeness (QED) is 0.145. The topological polar surface area (TPSA) is 0 Å². The fourth-order valence-corrected chi connectivity index (χ4v) is 5.45. The van der Waals surface area contributed by atoms with E-state index in [1.807, 2.05) is 0 Å². The summed E-state index contributed by atoms with van der Waals surface area (Å²) in [7, 11) is 6.64. The van der Waals surface area contributed by atoms with Gasteiger partial charge in [0.25, 0.3) is 0 Å². The predicted molar refractivity (Wildman–Crippen MR) is 145 cm³/mol. The molecule has 0 fully saturated rings. The Hall–Kier alpha value is -4.10. The van der Waals surface area contributed by atoms with Crippen LogP contribution in [0.25, 0.3) is 65.0 Å². The van der Waals surface area contributed by atoms with E-state index >= 15 is 0 Å². The van der Waals surface area contributed by atoms with Gasteiger partial charge in [0.15, 0.2) is 0 Å². The van der Waals surface area contributed by atoms with Crippen molar-refractivity contribution >= 4 is 67.2 Å². The Morgan fingerprint density at radius 1 is 0.364 bits per heavy atom. The molecule has 0 spiro atoms. The average Bonchev–Trinajstić information content (AvgIpc) is 2.88. The summed E-state index contributed by atoms with van der Waals surface area (Å²) in [5.41, 5.74) is 3.35. The van der Waals surface area contributed by atoms with E-state index < -0.39 is 0 Å². The summed E-state index contributed by atoms with van der Waals surface area (Å²) in [5, 5.41) is 12.2. The van der Waals surface area contributed by atoms with E-state index in [1.165, 1.54) is 54.2 Å². The molecular weight excluding hydrogens is 395 g/mol. The molecule has 33 heavy (non-hydrogen) atoms. The van der Waals surface area contributed by atoms with Crippen molar-refractivity contribution in [1.82, 2.24) is 0 Å². The monoisotopic (exact) mass is 414 g/mol. The second-order valence-corrected chi connectivity index (χ2v) is 8.77. The van der Waals surface area contributed by atoms with Gasteiger partial charge in [-0.1, -0.05) is 109 Å². The third kappa shape index (κ3) is 2.66. The van der Waals surface area contributed by atoms with E-state index in [2.05, 4.69) is 115 Å². The van der Waals surface area contributed by atoms with Crippen LogP contribution in [0.2, 0.25) is 0 Å². The number of benzene rings is 7. The van der Waals surface area contributed by atoms with Crippen LogP contribution in [-0.4, -0.2) is 7.85 Å². The highest BCUT2D eigenvalue weighted by molar-refractivity contribution is 6.47. The average molecular weight is 414 g/mol. The lowest BCUT2D eigenvalue weighted by Crippen LogP contribution is -2.07. The van der Waals surface area contributed by atoms with Crippen molar-refractivity contribution < 1.29 is 0 Å². The maximum Gasteiger partial charge on any atom is 0.115 e. The third-order valence-corrected chi connectivity index (χ3v) is 6.99. The van der Waals surface area contributed by atoms with Crippen LogP contribution < -0.4 is 5.46 Å². The Bertz CT molecular complexity index is 1820. The molecular formula is C32H19B. The van der Waals surface area contributed by atoms with Crippen molar-refractivity contribution in [3.05, 3.63) is 115 Å². The van der Waals surface area contributed by atoms with Crippen molar-refractivity contribution in [1.29, 1.82) is 0 Å². The third-order valence-electron chi connectivity index (χ3n) is 6.99. The van der Waals surface area contributed by atoms with Crippen LogP contribution in [0.1, 0.15) is 0 Å². The molecule has 0 atom stereocenters. The van der Waals surface area contributed by atoms with Crippen molar-refractivity contribution in [2.24, 2.45) is 0 Å². The van der Waals surface area contributed by atoms with Crippen LogP contribution >= 0.6 is 0 Å². The number of hydrogen-bond acceptors (Lipinski definition) is 0. The molecule has 2 radical (unpaired) electrons.